The molecule has 0 saturated carbocycles. The van der Waals surface area contributed by atoms with E-state index in [1.165, 1.54) is 0 Å². The monoisotopic (exact) mass is 481 g/mol. The molecule has 1 fully saturated rings. The van der Waals surface area contributed by atoms with Crippen LogP contribution in [0.3, 0.4) is 0 Å². The molecule has 4 aromatic heterocycles. The number of hydrogen-bond acceptors (Lipinski definition) is 8. The molecule has 11 heteroatoms. The maximum atomic E-state index is 11.7. The Hall–Kier alpha value is -4.74. The van der Waals surface area contributed by atoms with Crippen LogP contribution in [0.2, 0.25) is 0 Å². The van der Waals surface area contributed by atoms with E-state index in [1.54, 1.807) is 33.6 Å². The summed E-state index contributed by atoms with van der Waals surface area (Å²) in [6.45, 7) is 3.54. The molecule has 1 aliphatic heterocycles. The van der Waals surface area contributed by atoms with Gasteiger partial charge in [-0.15, -0.1) is 11.5 Å². The van der Waals surface area contributed by atoms with Gasteiger partial charge >= 0.3 is 0 Å². The molecule has 11 nitrogen and oxygen atoms in total. The van der Waals surface area contributed by atoms with Crippen molar-refractivity contribution in [3.8, 4) is 40.8 Å². The molecule has 180 valence electrons. The molecule has 0 atom stereocenters. The highest BCUT2D eigenvalue weighted by Gasteiger charge is 2.21. The van der Waals surface area contributed by atoms with Crippen LogP contribution in [0, 0.1) is 23.7 Å². The van der Waals surface area contributed by atoms with Gasteiger partial charge in [-0.1, -0.05) is 5.21 Å². The Balaban J connectivity index is 1.46. The Labute approximate surface area is 207 Å². The minimum Gasteiger partial charge on any atom is -0.383 e. The number of aromatic nitrogens is 6. The average Bonchev–Trinajstić information content (AvgIpc) is 3.58. The first kappa shape index (κ1) is 23.0. The van der Waals surface area contributed by atoms with Crippen molar-refractivity contribution >= 4 is 17.2 Å². The molecule has 1 amide bonds. The Morgan fingerprint density at radius 2 is 2.00 bits per heavy atom. The van der Waals surface area contributed by atoms with E-state index in [-0.39, 0.29) is 5.91 Å². The molecule has 0 unspecified atom stereocenters. The van der Waals surface area contributed by atoms with Crippen LogP contribution in [0.4, 0.5) is 5.82 Å². The number of pyridine rings is 2. The number of nitriles is 1. The summed E-state index contributed by atoms with van der Waals surface area (Å²) in [6, 6.07) is 8.12. The molecule has 4 aromatic rings. The zero-order chi connectivity index (χ0) is 25.1. The van der Waals surface area contributed by atoms with Gasteiger partial charge in [0.15, 0.2) is 0 Å². The van der Waals surface area contributed by atoms with Gasteiger partial charge in [0.25, 0.3) is 5.91 Å². The van der Waals surface area contributed by atoms with Crippen LogP contribution in [-0.2, 0) is 16.1 Å². The molecule has 0 aliphatic carbocycles. The van der Waals surface area contributed by atoms with Crippen LogP contribution >= 0.6 is 0 Å². The number of fused-ring (bicyclic) bond motifs is 1. The minimum atomic E-state index is -0.283. The van der Waals surface area contributed by atoms with E-state index in [0.717, 1.165) is 22.5 Å². The second-order valence-electron chi connectivity index (χ2n) is 8.29. The summed E-state index contributed by atoms with van der Waals surface area (Å²) in [7, 11) is 1.64. The minimum absolute atomic E-state index is 0.283. The van der Waals surface area contributed by atoms with Crippen molar-refractivity contribution in [2.75, 3.05) is 44.8 Å². The summed E-state index contributed by atoms with van der Waals surface area (Å²) in [5.41, 5.74) is 4.33. The third-order valence-corrected chi connectivity index (χ3v) is 6.16. The largest absolute Gasteiger partial charge is 0.383 e. The highest BCUT2D eigenvalue weighted by Crippen LogP contribution is 2.31. The maximum Gasteiger partial charge on any atom is 0.298 e. The third-order valence-electron chi connectivity index (χ3n) is 6.16. The topological polar surface area (TPSA) is 117 Å². The van der Waals surface area contributed by atoms with E-state index in [9.17, 15) is 10.1 Å². The van der Waals surface area contributed by atoms with Crippen LogP contribution in [-0.4, -0.2) is 80.3 Å². The summed E-state index contributed by atoms with van der Waals surface area (Å²) in [5.74, 6) is 2.70. The number of hydrogen-bond donors (Lipinski definition) is 0. The van der Waals surface area contributed by atoms with Crippen molar-refractivity contribution < 1.29 is 9.53 Å². The summed E-state index contributed by atoms with van der Waals surface area (Å²) in [4.78, 5) is 20.2. The van der Waals surface area contributed by atoms with E-state index in [4.69, 9.17) is 11.2 Å². The summed E-state index contributed by atoms with van der Waals surface area (Å²) >= 11 is 0. The molecule has 36 heavy (non-hydrogen) atoms. The molecular formula is C25H23N9O2. The van der Waals surface area contributed by atoms with Gasteiger partial charge in [0.1, 0.15) is 17.6 Å². The number of methoxy groups -OCH3 is 1. The van der Waals surface area contributed by atoms with Crippen LogP contribution in [0.15, 0.2) is 43.0 Å². The normalized spacial score (nSPS) is 13.5. The average molecular weight is 482 g/mol. The van der Waals surface area contributed by atoms with E-state index >= 15 is 0 Å². The van der Waals surface area contributed by atoms with Gasteiger partial charge < -0.3 is 14.5 Å². The van der Waals surface area contributed by atoms with Crippen molar-refractivity contribution in [1.82, 2.24) is 34.5 Å². The first-order valence-electron chi connectivity index (χ1n) is 11.4. The number of anilines is 1. The molecule has 0 N–H and O–H groups in total. The van der Waals surface area contributed by atoms with Gasteiger partial charge in [-0.3, -0.25) is 4.79 Å². The number of amides is 1. The van der Waals surface area contributed by atoms with Crippen LogP contribution < -0.4 is 4.90 Å². The molecule has 0 bridgehead atoms. The second-order valence-corrected chi connectivity index (χ2v) is 8.29. The number of rotatable bonds is 6. The zero-order valence-corrected chi connectivity index (χ0v) is 19.7. The van der Waals surface area contributed by atoms with Gasteiger partial charge in [0.2, 0.25) is 0 Å². The zero-order valence-electron chi connectivity index (χ0n) is 19.7. The quantitative estimate of drug-likeness (QED) is 0.380. The molecule has 0 spiro atoms. The summed E-state index contributed by atoms with van der Waals surface area (Å²) in [5, 5.41) is 22.5. The third kappa shape index (κ3) is 4.35. The lowest BCUT2D eigenvalue weighted by atomic mass is 10.0. The lowest BCUT2D eigenvalue weighted by Crippen LogP contribution is -2.48. The fourth-order valence-electron chi connectivity index (χ4n) is 4.25. The molecule has 0 aromatic carbocycles. The fourth-order valence-corrected chi connectivity index (χ4v) is 4.25. The number of piperazine rings is 1. The van der Waals surface area contributed by atoms with Gasteiger partial charge in [-0.25, -0.2) is 14.2 Å². The van der Waals surface area contributed by atoms with Crippen molar-refractivity contribution in [3.63, 3.8) is 0 Å². The Kier molecular flexibility index (Phi) is 6.31. The predicted octanol–water partition coefficient (Wildman–Crippen LogP) is 1.45. The lowest BCUT2D eigenvalue weighted by Gasteiger charge is -2.34. The van der Waals surface area contributed by atoms with Gasteiger partial charge in [-0.05, 0) is 24.1 Å². The maximum absolute atomic E-state index is 11.7. The first-order valence-corrected chi connectivity index (χ1v) is 11.4. The van der Waals surface area contributed by atoms with Crippen molar-refractivity contribution in [2.45, 2.75) is 6.54 Å². The molecule has 5 rings (SSSR count). The molecule has 1 aliphatic rings. The molecule has 0 radical (unpaired) electrons. The van der Waals surface area contributed by atoms with E-state index < -0.39 is 0 Å². The van der Waals surface area contributed by atoms with Crippen molar-refractivity contribution in [1.29, 1.82) is 5.26 Å². The number of carbonyl (C=O) groups is 1. The Morgan fingerprint density at radius 1 is 1.17 bits per heavy atom. The molecule has 1 saturated heterocycles. The van der Waals surface area contributed by atoms with Crippen molar-refractivity contribution in [2.24, 2.45) is 0 Å². The smallest absolute Gasteiger partial charge is 0.298 e. The second kappa shape index (κ2) is 9.86. The van der Waals surface area contributed by atoms with Crippen molar-refractivity contribution in [3.05, 3.63) is 48.5 Å². The van der Waals surface area contributed by atoms with Crippen LogP contribution in [0.5, 0.6) is 0 Å². The SMILES string of the molecule is C#CC(=O)N1CCN(c2ccc(-c3cc(-c4cn(CCOC)nn4)cn4ncc(C#N)c34)cn2)CC1. The number of carbonyl (C=O) groups excluding carboxylic acids is 1. The van der Waals surface area contributed by atoms with Gasteiger partial charge in [0.05, 0.1) is 36.6 Å². The number of nitrogens with zero attached hydrogens (tertiary/aromatic N) is 9. The fraction of sp³-hybridized carbons (Fsp3) is 0.280. The number of terminal acetylenes is 1. The van der Waals surface area contributed by atoms with Gasteiger partial charge in [-0.2, -0.15) is 10.4 Å². The Bertz CT molecular complexity index is 1480. The highest BCUT2D eigenvalue weighted by atomic mass is 16.5. The predicted molar refractivity (Wildman–Crippen MR) is 132 cm³/mol. The Morgan fingerprint density at radius 3 is 2.69 bits per heavy atom. The van der Waals surface area contributed by atoms with Crippen LogP contribution in [0.25, 0.3) is 27.9 Å². The first-order chi connectivity index (χ1) is 17.6. The van der Waals surface area contributed by atoms with E-state index in [0.29, 0.717) is 56.1 Å². The van der Waals surface area contributed by atoms with Gasteiger partial charge in [0, 0.05) is 62.4 Å². The van der Waals surface area contributed by atoms with E-state index in [2.05, 4.69) is 37.3 Å². The lowest BCUT2D eigenvalue weighted by molar-refractivity contribution is -0.125. The van der Waals surface area contributed by atoms with Crippen LogP contribution in [0.1, 0.15) is 5.56 Å². The molecular weight excluding hydrogens is 458 g/mol. The summed E-state index contributed by atoms with van der Waals surface area (Å²) in [6.07, 6.45) is 12.3. The summed E-state index contributed by atoms with van der Waals surface area (Å²) < 4.78 is 8.53. The number of ether oxygens (including phenoxy) is 1. The highest BCUT2D eigenvalue weighted by molar-refractivity contribution is 5.93. The van der Waals surface area contributed by atoms with E-state index in [1.807, 2.05) is 30.6 Å². The standard InChI is InChI=1S/C25H23N9O2/c1-3-24(35)32-8-6-31(7-9-32)23-5-4-18(14-27-23)21-12-19(16-34-25(21)20(13-26)15-28-34)22-17-33(30-29-22)10-11-36-2/h1,4-5,12,14-17H,6-11H2,2H3. The molecule has 5 heterocycles.